The van der Waals surface area contributed by atoms with Gasteiger partial charge in [-0.3, -0.25) is 0 Å². The van der Waals surface area contributed by atoms with Gasteiger partial charge in [-0.25, -0.2) is 0 Å². The first-order valence-electron chi connectivity index (χ1n) is 3.62. The third kappa shape index (κ3) is 5.57. The van der Waals surface area contributed by atoms with Gasteiger partial charge < -0.3 is 5.11 Å². The van der Waals surface area contributed by atoms with Gasteiger partial charge in [0.2, 0.25) is 0 Å². The molecule has 0 aromatic rings. The van der Waals surface area contributed by atoms with Crippen molar-refractivity contribution in [1.29, 1.82) is 0 Å². The lowest BCUT2D eigenvalue weighted by molar-refractivity contribution is 0.209. The molecule has 54 valence electrons. The van der Waals surface area contributed by atoms with Gasteiger partial charge in [0, 0.05) is 0 Å². The maximum absolute atomic E-state index is 9.09. The van der Waals surface area contributed by atoms with Crippen LogP contribution in [0.25, 0.3) is 0 Å². The smallest absolute Gasteiger partial charge is 0.0720 e. The number of unbranched alkanes of at least 4 members (excludes halogenated alkanes) is 1. The Hall–Kier alpha value is -0.300. The number of hydrogen-bond acceptors (Lipinski definition) is 1. The SMILES string of the molecule is C/C=C/[C@H](O)CCCC. The van der Waals surface area contributed by atoms with Gasteiger partial charge in [0.05, 0.1) is 6.10 Å². The molecule has 0 saturated heterocycles. The molecule has 1 nitrogen and oxygen atoms in total. The average Bonchev–Trinajstić information content (AvgIpc) is 1.85. The molecular weight excluding hydrogens is 112 g/mol. The lowest BCUT2D eigenvalue weighted by atomic mass is 10.1. The summed E-state index contributed by atoms with van der Waals surface area (Å²) in [6.45, 7) is 4.05. The van der Waals surface area contributed by atoms with Gasteiger partial charge in [-0.15, -0.1) is 0 Å². The number of hydrogen-bond donors (Lipinski definition) is 1. The van der Waals surface area contributed by atoms with Crippen molar-refractivity contribution in [3.05, 3.63) is 12.2 Å². The Bertz CT molecular complexity index is 76.6. The van der Waals surface area contributed by atoms with Gasteiger partial charge in [-0.2, -0.15) is 0 Å². The molecule has 0 bridgehead atoms. The van der Waals surface area contributed by atoms with Crippen LogP contribution in [0.4, 0.5) is 0 Å². The van der Waals surface area contributed by atoms with Crippen LogP contribution in [0.15, 0.2) is 12.2 Å². The van der Waals surface area contributed by atoms with E-state index in [9.17, 15) is 0 Å². The third-order valence-electron chi connectivity index (χ3n) is 1.27. The summed E-state index contributed by atoms with van der Waals surface area (Å²) in [7, 11) is 0. The predicted molar refractivity (Wildman–Crippen MR) is 40.3 cm³/mol. The number of aliphatic hydroxyl groups is 1. The molecule has 0 aromatic heterocycles. The second-order valence-electron chi connectivity index (χ2n) is 2.24. The Labute approximate surface area is 57.4 Å². The normalized spacial score (nSPS) is 14.6. The van der Waals surface area contributed by atoms with Crippen molar-refractivity contribution in [3.63, 3.8) is 0 Å². The summed E-state index contributed by atoms with van der Waals surface area (Å²) in [6, 6.07) is 0. The summed E-state index contributed by atoms with van der Waals surface area (Å²) < 4.78 is 0. The topological polar surface area (TPSA) is 20.2 Å². The molecule has 0 fully saturated rings. The van der Waals surface area contributed by atoms with Crippen molar-refractivity contribution >= 4 is 0 Å². The number of allylic oxidation sites excluding steroid dienone is 1. The molecule has 0 unspecified atom stereocenters. The summed E-state index contributed by atoms with van der Waals surface area (Å²) in [5.41, 5.74) is 0. The molecule has 0 aliphatic heterocycles. The first kappa shape index (κ1) is 8.70. The van der Waals surface area contributed by atoms with Crippen molar-refractivity contribution in [3.8, 4) is 0 Å². The summed E-state index contributed by atoms with van der Waals surface area (Å²) in [5.74, 6) is 0. The van der Waals surface area contributed by atoms with Gasteiger partial charge in [-0.1, -0.05) is 31.9 Å². The van der Waals surface area contributed by atoms with Crippen molar-refractivity contribution in [2.45, 2.75) is 39.2 Å². The molecule has 0 heterocycles. The Morgan fingerprint density at radius 3 is 2.67 bits per heavy atom. The summed E-state index contributed by atoms with van der Waals surface area (Å²) >= 11 is 0. The maximum atomic E-state index is 9.09. The van der Waals surface area contributed by atoms with E-state index in [1.54, 1.807) is 0 Å². The van der Waals surface area contributed by atoms with Crippen LogP contribution in [-0.4, -0.2) is 11.2 Å². The number of aliphatic hydroxyl groups excluding tert-OH is 1. The lowest BCUT2D eigenvalue weighted by Gasteiger charge is -2.01. The van der Waals surface area contributed by atoms with Crippen molar-refractivity contribution in [1.82, 2.24) is 0 Å². The Balaban J connectivity index is 3.15. The Morgan fingerprint density at radius 2 is 2.22 bits per heavy atom. The quantitative estimate of drug-likeness (QED) is 0.575. The first-order chi connectivity index (χ1) is 4.31. The molecule has 1 heteroatoms. The van der Waals surface area contributed by atoms with Gasteiger partial charge in [0.15, 0.2) is 0 Å². The minimum absolute atomic E-state index is 0.213. The fraction of sp³-hybridized carbons (Fsp3) is 0.750. The van der Waals surface area contributed by atoms with E-state index < -0.39 is 0 Å². The molecule has 0 rings (SSSR count). The highest BCUT2D eigenvalue weighted by atomic mass is 16.3. The monoisotopic (exact) mass is 128 g/mol. The van der Waals surface area contributed by atoms with Crippen molar-refractivity contribution in [2.75, 3.05) is 0 Å². The number of rotatable bonds is 4. The van der Waals surface area contributed by atoms with Crippen LogP contribution >= 0.6 is 0 Å². The van der Waals surface area contributed by atoms with E-state index in [0.717, 1.165) is 19.3 Å². The average molecular weight is 128 g/mol. The Morgan fingerprint density at radius 1 is 1.56 bits per heavy atom. The van der Waals surface area contributed by atoms with Crippen molar-refractivity contribution < 1.29 is 5.11 Å². The van der Waals surface area contributed by atoms with E-state index in [1.165, 1.54) is 0 Å². The maximum Gasteiger partial charge on any atom is 0.0720 e. The lowest BCUT2D eigenvalue weighted by Crippen LogP contribution is -2.00. The fourth-order valence-corrected chi connectivity index (χ4v) is 0.732. The summed E-state index contributed by atoms with van der Waals surface area (Å²) in [6.07, 6.45) is 6.69. The van der Waals surface area contributed by atoms with Crippen LogP contribution in [0.3, 0.4) is 0 Å². The van der Waals surface area contributed by atoms with Crippen molar-refractivity contribution in [2.24, 2.45) is 0 Å². The van der Waals surface area contributed by atoms with E-state index in [2.05, 4.69) is 6.92 Å². The molecule has 0 saturated carbocycles. The van der Waals surface area contributed by atoms with Gasteiger partial charge in [-0.05, 0) is 13.3 Å². The van der Waals surface area contributed by atoms with Gasteiger partial charge >= 0.3 is 0 Å². The predicted octanol–water partition coefficient (Wildman–Crippen LogP) is 2.11. The van der Waals surface area contributed by atoms with E-state index >= 15 is 0 Å². The van der Waals surface area contributed by atoms with Crippen LogP contribution in [0.1, 0.15) is 33.1 Å². The molecule has 0 aliphatic carbocycles. The Kier molecular flexibility index (Phi) is 5.64. The largest absolute Gasteiger partial charge is 0.389 e. The second-order valence-corrected chi connectivity index (χ2v) is 2.24. The van der Waals surface area contributed by atoms with Crippen LogP contribution in [-0.2, 0) is 0 Å². The van der Waals surface area contributed by atoms with E-state index in [-0.39, 0.29) is 6.10 Å². The highest BCUT2D eigenvalue weighted by molar-refractivity contribution is 4.84. The third-order valence-corrected chi connectivity index (χ3v) is 1.27. The van der Waals surface area contributed by atoms with Crippen LogP contribution in [0, 0.1) is 0 Å². The zero-order valence-corrected chi connectivity index (χ0v) is 6.30. The highest BCUT2D eigenvalue weighted by Gasteiger charge is 1.94. The molecule has 0 spiro atoms. The van der Waals surface area contributed by atoms with Gasteiger partial charge in [0.1, 0.15) is 0 Å². The van der Waals surface area contributed by atoms with Crippen LogP contribution in [0.5, 0.6) is 0 Å². The molecule has 9 heavy (non-hydrogen) atoms. The van der Waals surface area contributed by atoms with E-state index in [1.807, 2.05) is 19.1 Å². The zero-order chi connectivity index (χ0) is 7.11. The molecule has 1 N–H and O–H groups in total. The standard InChI is InChI=1S/C8H16O/c1-3-5-7-8(9)6-4-2/h4,6,8-9H,3,5,7H2,1-2H3/b6-4+/t8-/m0/s1. The molecule has 0 aromatic carbocycles. The highest BCUT2D eigenvalue weighted by Crippen LogP contribution is 2.00. The first-order valence-corrected chi connectivity index (χ1v) is 3.62. The van der Waals surface area contributed by atoms with E-state index in [0.29, 0.717) is 0 Å². The summed E-state index contributed by atoms with van der Waals surface area (Å²) in [5, 5.41) is 9.09. The second kappa shape index (κ2) is 5.83. The minimum Gasteiger partial charge on any atom is -0.389 e. The molecule has 0 radical (unpaired) electrons. The molecule has 0 aliphatic rings. The zero-order valence-electron chi connectivity index (χ0n) is 6.30. The minimum atomic E-state index is -0.213. The van der Waals surface area contributed by atoms with E-state index in [4.69, 9.17) is 5.11 Å². The molecular formula is C8H16O. The van der Waals surface area contributed by atoms with Crippen LogP contribution < -0.4 is 0 Å². The molecule has 1 atom stereocenters. The molecule has 0 amide bonds. The van der Waals surface area contributed by atoms with Gasteiger partial charge in [0.25, 0.3) is 0 Å². The fourth-order valence-electron chi connectivity index (χ4n) is 0.732. The van der Waals surface area contributed by atoms with Crippen LogP contribution in [0.2, 0.25) is 0 Å². The summed E-state index contributed by atoms with van der Waals surface area (Å²) in [4.78, 5) is 0.